The van der Waals surface area contributed by atoms with E-state index in [1.54, 1.807) is 41.2 Å². The van der Waals surface area contributed by atoms with Gasteiger partial charge in [0, 0.05) is 43.9 Å². The van der Waals surface area contributed by atoms with E-state index in [0.717, 1.165) is 0 Å². The summed E-state index contributed by atoms with van der Waals surface area (Å²) in [6.07, 6.45) is 5.17. The number of likely N-dealkylation sites (N-methyl/N-ethyl adjacent to an activating group) is 1. The van der Waals surface area contributed by atoms with Crippen LogP contribution < -0.4 is 10.1 Å². The molecule has 0 unspecified atom stereocenters. The standard InChI is InChI=1S/C18H19N5O2/c1-22(12-13-23-11-5-9-20-23)18(24)21-15-8-10-19-17(14-15)25-16-6-3-2-4-7-16/h2-11,14H,12-13H2,1H3,(H,19,21,24). The molecule has 2 aromatic heterocycles. The van der Waals surface area contributed by atoms with Gasteiger partial charge in [0.05, 0.1) is 6.54 Å². The van der Waals surface area contributed by atoms with Crippen LogP contribution in [-0.2, 0) is 6.54 Å². The number of carbonyl (C=O) groups excluding carboxylic acids is 1. The molecule has 0 bridgehead atoms. The fraction of sp³-hybridized carbons (Fsp3) is 0.167. The molecule has 1 aromatic carbocycles. The van der Waals surface area contributed by atoms with Gasteiger partial charge in [-0.3, -0.25) is 4.68 Å². The summed E-state index contributed by atoms with van der Waals surface area (Å²) in [7, 11) is 1.74. The lowest BCUT2D eigenvalue weighted by Gasteiger charge is -2.18. The monoisotopic (exact) mass is 337 g/mol. The lowest BCUT2D eigenvalue weighted by atomic mass is 10.3. The molecule has 0 atom stereocenters. The molecule has 0 radical (unpaired) electrons. The first-order chi connectivity index (χ1) is 12.2. The molecule has 2 amide bonds. The van der Waals surface area contributed by atoms with Gasteiger partial charge >= 0.3 is 6.03 Å². The number of ether oxygens (including phenoxy) is 1. The summed E-state index contributed by atoms with van der Waals surface area (Å²) in [5.74, 6) is 1.11. The number of urea groups is 1. The van der Waals surface area contributed by atoms with Crippen molar-refractivity contribution in [3.63, 3.8) is 0 Å². The van der Waals surface area contributed by atoms with E-state index in [4.69, 9.17) is 4.74 Å². The first-order valence-corrected chi connectivity index (χ1v) is 7.89. The zero-order valence-corrected chi connectivity index (χ0v) is 13.9. The predicted octanol–water partition coefficient (Wildman–Crippen LogP) is 3.23. The Morgan fingerprint density at radius 2 is 2.04 bits per heavy atom. The van der Waals surface area contributed by atoms with E-state index in [9.17, 15) is 4.79 Å². The van der Waals surface area contributed by atoms with Crippen molar-refractivity contribution in [3.05, 3.63) is 67.1 Å². The molecular weight excluding hydrogens is 318 g/mol. The van der Waals surface area contributed by atoms with Crippen LogP contribution in [0.3, 0.4) is 0 Å². The molecule has 1 N–H and O–H groups in total. The number of amides is 2. The normalized spacial score (nSPS) is 10.3. The van der Waals surface area contributed by atoms with Gasteiger partial charge in [-0.15, -0.1) is 0 Å². The number of aromatic nitrogens is 3. The first-order valence-electron chi connectivity index (χ1n) is 7.89. The van der Waals surface area contributed by atoms with Crippen LogP contribution in [0.5, 0.6) is 11.6 Å². The highest BCUT2D eigenvalue weighted by atomic mass is 16.5. The Bertz CT molecular complexity index is 805. The second kappa shape index (κ2) is 7.96. The maximum absolute atomic E-state index is 12.3. The molecule has 0 aliphatic rings. The van der Waals surface area contributed by atoms with Crippen LogP contribution in [0.25, 0.3) is 0 Å². The summed E-state index contributed by atoms with van der Waals surface area (Å²) in [5.41, 5.74) is 0.622. The minimum Gasteiger partial charge on any atom is -0.439 e. The fourth-order valence-corrected chi connectivity index (χ4v) is 2.16. The Labute approximate surface area is 145 Å². The average molecular weight is 337 g/mol. The van der Waals surface area contributed by atoms with Gasteiger partial charge in [-0.1, -0.05) is 18.2 Å². The lowest BCUT2D eigenvalue weighted by Crippen LogP contribution is -2.34. The maximum atomic E-state index is 12.3. The van der Waals surface area contributed by atoms with Gasteiger partial charge < -0.3 is 15.0 Å². The molecule has 7 nitrogen and oxygen atoms in total. The highest BCUT2D eigenvalue weighted by Gasteiger charge is 2.10. The van der Waals surface area contributed by atoms with Crippen LogP contribution >= 0.6 is 0 Å². The molecule has 0 fully saturated rings. The summed E-state index contributed by atoms with van der Waals surface area (Å²) in [6.45, 7) is 1.18. The number of nitrogens with one attached hydrogen (secondary N) is 1. The van der Waals surface area contributed by atoms with Crippen LogP contribution in [0.2, 0.25) is 0 Å². The number of hydrogen-bond donors (Lipinski definition) is 1. The largest absolute Gasteiger partial charge is 0.439 e. The molecule has 0 saturated heterocycles. The van der Waals surface area contributed by atoms with E-state index in [1.165, 1.54) is 0 Å². The van der Waals surface area contributed by atoms with E-state index < -0.39 is 0 Å². The van der Waals surface area contributed by atoms with Crippen molar-refractivity contribution < 1.29 is 9.53 Å². The van der Waals surface area contributed by atoms with Crippen LogP contribution in [-0.4, -0.2) is 39.3 Å². The van der Waals surface area contributed by atoms with Gasteiger partial charge in [0.15, 0.2) is 0 Å². The summed E-state index contributed by atoms with van der Waals surface area (Å²) in [6, 6.07) is 14.4. The van der Waals surface area contributed by atoms with E-state index in [-0.39, 0.29) is 6.03 Å². The van der Waals surface area contributed by atoms with Gasteiger partial charge in [-0.05, 0) is 24.3 Å². The molecule has 0 aliphatic heterocycles. The Morgan fingerprint density at radius 3 is 2.80 bits per heavy atom. The topological polar surface area (TPSA) is 72.3 Å². The zero-order chi connectivity index (χ0) is 17.5. The van der Waals surface area contributed by atoms with Crippen molar-refractivity contribution in [1.29, 1.82) is 0 Å². The highest BCUT2D eigenvalue weighted by Crippen LogP contribution is 2.21. The predicted molar refractivity (Wildman–Crippen MR) is 94.6 cm³/mol. The van der Waals surface area contributed by atoms with Crippen molar-refractivity contribution in [2.75, 3.05) is 18.9 Å². The van der Waals surface area contributed by atoms with E-state index >= 15 is 0 Å². The van der Waals surface area contributed by atoms with Crippen LogP contribution in [0.4, 0.5) is 10.5 Å². The second-order valence-electron chi connectivity index (χ2n) is 5.42. The number of nitrogens with zero attached hydrogens (tertiary/aromatic N) is 4. The summed E-state index contributed by atoms with van der Waals surface area (Å²) < 4.78 is 7.45. The molecule has 0 saturated carbocycles. The average Bonchev–Trinajstić information content (AvgIpc) is 3.14. The number of anilines is 1. The number of hydrogen-bond acceptors (Lipinski definition) is 4. The third-order valence-electron chi connectivity index (χ3n) is 3.52. The number of para-hydroxylation sites is 1. The van der Waals surface area contributed by atoms with E-state index in [0.29, 0.717) is 30.4 Å². The van der Waals surface area contributed by atoms with Gasteiger partial charge in [0.1, 0.15) is 5.75 Å². The third kappa shape index (κ3) is 4.81. The quantitative estimate of drug-likeness (QED) is 0.749. The van der Waals surface area contributed by atoms with Crippen molar-refractivity contribution in [3.8, 4) is 11.6 Å². The van der Waals surface area contributed by atoms with Crippen molar-refractivity contribution in [2.24, 2.45) is 0 Å². The van der Waals surface area contributed by atoms with Crippen LogP contribution in [0.1, 0.15) is 0 Å². The highest BCUT2D eigenvalue weighted by molar-refractivity contribution is 5.89. The Morgan fingerprint density at radius 1 is 1.20 bits per heavy atom. The van der Waals surface area contributed by atoms with Crippen molar-refractivity contribution >= 4 is 11.7 Å². The summed E-state index contributed by atoms with van der Waals surface area (Å²) in [5, 5.41) is 6.95. The number of carbonyl (C=O) groups is 1. The minimum absolute atomic E-state index is 0.205. The molecule has 3 aromatic rings. The molecule has 2 heterocycles. The number of rotatable bonds is 6. The molecule has 7 heteroatoms. The first kappa shape index (κ1) is 16.5. The van der Waals surface area contributed by atoms with Gasteiger partial charge in [0.2, 0.25) is 5.88 Å². The van der Waals surface area contributed by atoms with Crippen LogP contribution in [0.15, 0.2) is 67.1 Å². The lowest BCUT2D eigenvalue weighted by molar-refractivity contribution is 0.220. The third-order valence-corrected chi connectivity index (χ3v) is 3.52. The molecule has 0 spiro atoms. The molecule has 0 aliphatic carbocycles. The van der Waals surface area contributed by atoms with Crippen molar-refractivity contribution in [2.45, 2.75) is 6.54 Å². The maximum Gasteiger partial charge on any atom is 0.321 e. The Hall–Kier alpha value is -3.35. The molecular formula is C18H19N5O2. The Balaban J connectivity index is 1.56. The SMILES string of the molecule is CN(CCn1cccn1)C(=O)Nc1ccnc(Oc2ccccc2)c1. The molecule has 3 rings (SSSR count). The van der Waals surface area contributed by atoms with Gasteiger partial charge in [0.25, 0.3) is 0 Å². The zero-order valence-electron chi connectivity index (χ0n) is 13.9. The van der Waals surface area contributed by atoms with Crippen molar-refractivity contribution in [1.82, 2.24) is 19.7 Å². The minimum atomic E-state index is -0.205. The van der Waals surface area contributed by atoms with Gasteiger partial charge in [-0.2, -0.15) is 5.10 Å². The molecule has 25 heavy (non-hydrogen) atoms. The van der Waals surface area contributed by atoms with Gasteiger partial charge in [-0.25, -0.2) is 9.78 Å². The summed E-state index contributed by atoms with van der Waals surface area (Å²) >= 11 is 0. The fourth-order valence-electron chi connectivity index (χ4n) is 2.16. The summed E-state index contributed by atoms with van der Waals surface area (Å²) in [4.78, 5) is 18.0. The van der Waals surface area contributed by atoms with Crippen LogP contribution in [0, 0.1) is 0 Å². The second-order valence-corrected chi connectivity index (χ2v) is 5.42. The smallest absolute Gasteiger partial charge is 0.321 e. The van der Waals surface area contributed by atoms with E-state index in [2.05, 4.69) is 15.4 Å². The number of benzene rings is 1. The van der Waals surface area contributed by atoms with E-state index in [1.807, 2.05) is 42.6 Å². The number of pyridine rings is 1. The molecule has 128 valence electrons. The Kier molecular flexibility index (Phi) is 5.26.